The Morgan fingerprint density at radius 2 is 1.79 bits per heavy atom. The number of nitrogens with one attached hydrogen (secondary N) is 1. The maximum atomic E-state index is 13.4. The van der Waals surface area contributed by atoms with Crippen LogP contribution in [-0.2, 0) is 16.1 Å². The van der Waals surface area contributed by atoms with Gasteiger partial charge in [0.1, 0.15) is 11.4 Å². The zero-order valence-corrected chi connectivity index (χ0v) is 20.3. The van der Waals surface area contributed by atoms with Gasteiger partial charge in [0, 0.05) is 44.8 Å². The first-order valence-electron chi connectivity index (χ1n) is 12.0. The highest BCUT2D eigenvalue weighted by atomic mass is 19.1. The van der Waals surface area contributed by atoms with Gasteiger partial charge in [0.15, 0.2) is 0 Å². The molecule has 2 aliphatic heterocycles. The Bertz CT molecular complexity index is 1080. The van der Waals surface area contributed by atoms with Crippen molar-refractivity contribution < 1.29 is 18.7 Å². The third kappa shape index (κ3) is 6.56. The Hall–Kier alpha value is -2.93. The molecule has 0 bridgehead atoms. The number of piperidine rings is 1. The summed E-state index contributed by atoms with van der Waals surface area (Å²) in [5.41, 5.74) is 1.75. The minimum atomic E-state index is -0.504. The van der Waals surface area contributed by atoms with E-state index in [1.807, 2.05) is 39.0 Å². The number of hydrogen-bond donors (Lipinski definition) is 1. The van der Waals surface area contributed by atoms with Crippen LogP contribution in [0.1, 0.15) is 45.6 Å². The van der Waals surface area contributed by atoms with E-state index in [1.54, 1.807) is 17.0 Å². The van der Waals surface area contributed by atoms with E-state index in [1.165, 1.54) is 11.6 Å². The molecule has 7 heteroatoms. The van der Waals surface area contributed by atoms with Crippen LogP contribution in [0.5, 0.6) is 0 Å². The van der Waals surface area contributed by atoms with Gasteiger partial charge in [-0.15, -0.1) is 0 Å². The van der Waals surface area contributed by atoms with Gasteiger partial charge in [-0.25, -0.2) is 9.18 Å². The van der Waals surface area contributed by atoms with E-state index in [2.05, 4.69) is 16.3 Å². The lowest BCUT2D eigenvalue weighted by Crippen LogP contribution is -2.40. The Morgan fingerprint density at radius 1 is 1.09 bits per heavy atom. The number of fused-ring (bicyclic) bond motifs is 1. The molecule has 2 aliphatic rings. The molecule has 2 heterocycles. The third-order valence-electron chi connectivity index (χ3n) is 6.28. The summed E-state index contributed by atoms with van der Waals surface area (Å²) >= 11 is 0. The molecule has 6 nitrogen and oxygen atoms in total. The zero-order chi connectivity index (χ0) is 24.3. The second kappa shape index (κ2) is 10.1. The monoisotopic (exact) mass is 467 g/mol. The van der Waals surface area contributed by atoms with Gasteiger partial charge in [-0.1, -0.05) is 23.8 Å². The van der Waals surface area contributed by atoms with Crippen molar-refractivity contribution in [1.82, 2.24) is 15.1 Å². The number of carbonyl (C=O) groups excluding carboxylic acids is 2. The quantitative estimate of drug-likeness (QED) is 0.667. The predicted molar refractivity (Wildman–Crippen MR) is 131 cm³/mol. The number of benzene rings is 2. The molecule has 0 aromatic heterocycles. The van der Waals surface area contributed by atoms with Crippen LogP contribution in [0.4, 0.5) is 9.18 Å². The topological polar surface area (TPSA) is 61.9 Å². The van der Waals surface area contributed by atoms with Crippen LogP contribution in [0.25, 0.3) is 10.8 Å². The number of amides is 2. The number of nitrogens with zero attached hydrogens (tertiary/aromatic N) is 2. The fourth-order valence-corrected chi connectivity index (χ4v) is 4.59. The van der Waals surface area contributed by atoms with Crippen molar-refractivity contribution in [3.05, 3.63) is 59.4 Å². The van der Waals surface area contributed by atoms with Crippen LogP contribution < -0.4 is 5.32 Å². The summed E-state index contributed by atoms with van der Waals surface area (Å²) in [4.78, 5) is 28.8. The number of likely N-dealkylation sites (tertiary alicyclic amines) is 2. The zero-order valence-electron chi connectivity index (χ0n) is 20.3. The van der Waals surface area contributed by atoms with Crippen molar-refractivity contribution in [3.8, 4) is 0 Å². The summed E-state index contributed by atoms with van der Waals surface area (Å²) in [5, 5.41) is 5.08. The number of hydrogen-bond acceptors (Lipinski definition) is 4. The molecule has 2 amide bonds. The van der Waals surface area contributed by atoms with Gasteiger partial charge >= 0.3 is 6.09 Å². The first-order valence-corrected chi connectivity index (χ1v) is 12.0. The summed E-state index contributed by atoms with van der Waals surface area (Å²) in [6.07, 6.45) is 3.71. The predicted octanol–water partition coefficient (Wildman–Crippen LogP) is 4.63. The first-order chi connectivity index (χ1) is 16.1. The second-order valence-electron chi connectivity index (χ2n) is 10.3. The van der Waals surface area contributed by atoms with E-state index in [0.717, 1.165) is 42.4 Å². The van der Waals surface area contributed by atoms with Crippen molar-refractivity contribution in [2.24, 2.45) is 0 Å². The normalized spacial score (nSPS) is 19.4. The van der Waals surface area contributed by atoms with Crippen molar-refractivity contribution in [1.29, 1.82) is 0 Å². The molecule has 2 fully saturated rings. The molecule has 4 rings (SSSR count). The lowest BCUT2D eigenvalue weighted by atomic mass is 10.0. The third-order valence-corrected chi connectivity index (χ3v) is 6.28. The lowest BCUT2D eigenvalue weighted by Gasteiger charge is -2.31. The van der Waals surface area contributed by atoms with Crippen molar-refractivity contribution in [3.63, 3.8) is 0 Å². The van der Waals surface area contributed by atoms with Crippen molar-refractivity contribution in [2.75, 3.05) is 26.2 Å². The molecular formula is C27H34FN3O3. The summed E-state index contributed by atoms with van der Waals surface area (Å²) < 4.78 is 18.8. The van der Waals surface area contributed by atoms with Crippen LogP contribution in [0.3, 0.4) is 0 Å². The lowest BCUT2D eigenvalue weighted by molar-refractivity contribution is -0.117. The summed E-state index contributed by atoms with van der Waals surface area (Å²) in [7, 11) is 0. The Labute approximate surface area is 200 Å². The highest BCUT2D eigenvalue weighted by Crippen LogP contribution is 2.21. The van der Waals surface area contributed by atoms with Gasteiger partial charge in [-0.2, -0.15) is 0 Å². The van der Waals surface area contributed by atoms with E-state index in [4.69, 9.17) is 4.74 Å². The fourth-order valence-electron chi connectivity index (χ4n) is 4.59. The average molecular weight is 468 g/mol. The molecular weight excluding hydrogens is 433 g/mol. The second-order valence-corrected chi connectivity index (χ2v) is 10.3. The van der Waals surface area contributed by atoms with Crippen LogP contribution in [0.15, 0.2) is 48.0 Å². The maximum absolute atomic E-state index is 13.4. The van der Waals surface area contributed by atoms with Crippen LogP contribution in [-0.4, -0.2) is 59.6 Å². The highest BCUT2D eigenvalue weighted by molar-refractivity contribution is 5.88. The number of halogens is 1. The van der Waals surface area contributed by atoms with E-state index in [0.29, 0.717) is 25.9 Å². The Balaban J connectivity index is 1.23. The van der Waals surface area contributed by atoms with Crippen molar-refractivity contribution >= 4 is 22.8 Å². The largest absolute Gasteiger partial charge is 0.444 e. The maximum Gasteiger partial charge on any atom is 0.410 e. The minimum absolute atomic E-state index is 0.0553. The molecule has 0 aliphatic carbocycles. The molecule has 0 spiro atoms. The minimum Gasteiger partial charge on any atom is -0.444 e. The van der Waals surface area contributed by atoms with E-state index < -0.39 is 5.60 Å². The summed E-state index contributed by atoms with van der Waals surface area (Å²) in [6.45, 7) is 9.27. The SMILES string of the molecule is CC(C)(C)OC(=O)N1CCC(=CC(=O)N[C@@H]2CCN(Cc3ccc4cc(F)ccc4c3)C2)CC1. The standard InChI is InChI=1S/C27H34FN3O3/c1-27(2,3)34-26(33)31-12-8-19(9-13-31)15-25(32)29-24-10-11-30(18-24)17-20-4-5-22-16-23(28)7-6-21(22)14-20/h4-7,14-16,24H,8-13,17-18H2,1-3H3,(H,29,32)/t24-/m1/s1. The van der Waals surface area contributed by atoms with Gasteiger partial charge in [0.05, 0.1) is 0 Å². The number of ether oxygens (including phenoxy) is 1. The van der Waals surface area contributed by atoms with Gasteiger partial charge in [-0.3, -0.25) is 9.69 Å². The number of carbonyl (C=O) groups is 2. The smallest absolute Gasteiger partial charge is 0.410 e. The first kappa shape index (κ1) is 24.2. The molecule has 2 aromatic carbocycles. The molecule has 2 aromatic rings. The van der Waals surface area contributed by atoms with Gasteiger partial charge in [0.25, 0.3) is 0 Å². The van der Waals surface area contributed by atoms with Crippen LogP contribution in [0, 0.1) is 5.82 Å². The molecule has 1 N–H and O–H groups in total. The Kier molecular flexibility index (Phi) is 7.22. The van der Waals surface area contributed by atoms with Gasteiger partial charge in [0.2, 0.25) is 5.91 Å². The molecule has 0 unspecified atom stereocenters. The summed E-state index contributed by atoms with van der Waals surface area (Å²) in [5.74, 6) is -0.276. The molecule has 0 radical (unpaired) electrons. The molecule has 0 saturated carbocycles. The molecule has 182 valence electrons. The molecule has 2 saturated heterocycles. The van der Waals surface area contributed by atoms with Crippen molar-refractivity contribution in [2.45, 2.75) is 58.2 Å². The van der Waals surface area contributed by atoms with E-state index >= 15 is 0 Å². The van der Waals surface area contributed by atoms with Crippen LogP contribution in [0.2, 0.25) is 0 Å². The van der Waals surface area contributed by atoms with E-state index in [-0.39, 0.29) is 23.9 Å². The fraction of sp³-hybridized carbons (Fsp3) is 0.481. The highest BCUT2D eigenvalue weighted by Gasteiger charge is 2.26. The van der Waals surface area contributed by atoms with Gasteiger partial charge in [-0.05, 0) is 74.6 Å². The average Bonchev–Trinajstić information content (AvgIpc) is 3.19. The van der Waals surface area contributed by atoms with Gasteiger partial charge < -0.3 is 15.0 Å². The molecule has 34 heavy (non-hydrogen) atoms. The van der Waals surface area contributed by atoms with Crippen LogP contribution >= 0.6 is 0 Å². The summed E-state index contributed by atoms with van der Waals surface area (Å²) in [6, 6.07) is 11.1. The molecule has 1 atom stereocenters. The van der Waals surface area contributed by atoms with E-state index in [9.17, 15) is 14.0 Å². The number of rotatable bonds is 4. The Morgan fingerprint density at radius 3 is 2.53 bits per heavy atom.